The third-order valence-electron chi connectivity index (χ3n) is 2.45. The summed E-state index contributed by atoms with van der Waals surface area (Å²) in [4.78, 5) is 10.8. The number of hydrogen-bond donors (Lipinski definition) is 1. The summed E-state index contributed by atoms with van der Waals surface area (Å²) >= 11 is 0. The van der Waals surface area contributed by atoms with Crippen molar-refractivity contribution >= 4 is 11.7 Å². The molecule has 0 radical (unpaired) electrons. The summed E-state index contributed by atoms with van der Waals surface area (Å²) in [7, 11) is 1.31. The van der Waals surface area contributed by atoms with Crippen LogP contribution in [0.15, 0.2) is 12.1 Å². The second-order valence-corrected chi connectivity index (χ2v) is 3.75. The molecular formula is C12H15F2NO2. The van der Waals surface area contributed by atoms with Gasteiger partial charge in [-0.2, -0.15) is 0 Å². The Labute approximate surface area is 98.6 Å². The van der Waals surface area contributed by atoms with E-state index in [1.165, 1.54) is 7.11 Å². The highest BCUT2D eigenvalue weighted by Crippen LogP contribution is 2.19. The van der Waals surface area contributed by atoms with Crippen molar-refractivity contribution in [1.29, 1.82) is 0 Å². The fraction of sp³-hybridized carbons (Fsp3) is 0.417. The molecule has 1 aromatic rings. The summed E-state index contributed by atoms with van der Waals surface area (Å²) in [5, 5.41) is 0. The van der Waals surface area contributed by atoms with Gasteiger partial charge in [0.25, 0.3) is 0 Å². The Morgan fingerprint density at radius 3 is 2.71 bits per heavy atom. The van der Waals surface area contributed by atoms with E-state index in [0.29, 0.717) is 19.3 Å². The zero-order chi connectivity index (χ0) is 12.8. The van der Waals surface area contributed by atoms with E-state index in [1.54, 1.807) is 0 Å². The maximum Gasteiger partial charge on any atom is 0.305 e. The number of nitrogens with two attached hydrogens (primary N) is 1. The van der Waals surface area contributed by atoms with Gasteiger partial charge in [-0.25, -0.2) is 8.78 Å². The molecule has 0 bridgehead atoms. The van der Waals surface area contributed by atoms with Gasteiger partial charge in [0.2, 0.25) is 0 Å². The molecule has 0 heterocycles. The second-order valence-electron chi connectivity index (χ2n) is 3.75. The maximum atomic E-state index is 13.5. The predicted octanol–water partition coefficient (Wildman–Crippen LogP) is 2.43. The third kappa shape index (κ3) is 4.01. The number of aryl methyl sites for hydroxylation is 1. The Kier molecular flexibility index (Phi) is 4.87. The van der Waals surface area contributed by atoms with Crippen LogP contribution in [0.4, 0.5) is 14.5 Å². The van der Waals surface area contributed by atoms with Crippen LogP contribution >= 0.6 is 0 Å². The quantitative estimate of drug-likeness (QED) is 0.491. The lowest BCUT2D eigenvalue weighted by Crippen LogP contribution is -2.01. The van der Waals surface area contributed by atoms with Crippen LogP contribution in [0.2, 0.25) is 0 Å². The molecule has 0 aromatic heterocycles. The van der Waals surface area contributed by atoms with E-state index in [9.17, 15) is 13.6 Å². The molecule has 0 saturated heterocycles. The molecule has 17 heavy (non-hydrogen) atoms. The summed E-state index contributed by atoms with van der Waals surface area (Å²) in [6, 6.07) is 2.08. The first-order valence-corrected chi connectivity index (χ1v) is 5.34. The van der Waals surface area contributed by atoms with Crippen LogP contribution in [-0.2, 0) is 16.0 Å². The van der Waals surface area contributed by atoms with Crippen molar-refractivity contribution in [2.75, 3.05) is 12.8 Å². The summed E-state index contributed by atoms with van der Waals surface area (Å²) in [5.41, 5.74) is 5.36. The maximum absolute atomic E-state index is 13.5. The van der Waals surface area contributed by atoms with Gasteiger partial charge in [0, 0.05) is 6.42 Å². The summed E-state index contributed by atoms with van der Waals surface area (Å²) < 4.78 is 30.9. The minimum Gasteiger partial charge on any atom is -0.469 e. The number of anilines is 1. The topological polar surface area (TPSA) is 52.3 Å². The third-order valence-corrected chi connectivity index (χ3v) is 2.45. The largest absolute Gasteiger partial charge is 0.469 e. The Morgan fingerprint density at radius 2 is 2.06 bits per heavy atom. The van der Waals surface area contributed by atoms with Crippen molar-refractivity contribution < 1.29 is 18.3 Å². The predicted molar refractivity (Wildman–Crippen MR) is 60.3 cm³/mol. The zero-order valence-electron chi connectivity index (χ0n) is 9.63. The number of hydrogen-bond acceptors (Lipinski definition) is 3. The van der Waals surface area contributed by atoms with E-state index in [4.69, 9.17) is 5.73 Å². The molecule has 0 fully saturated rings. The normalized spacial score (nSPS) is 10.3. The number of rotatable bonds is 5. The molecule has 0 aliphatic rings. The first-order valence-electron chi connectivity index (χ1n) is 5.34. The van der Waals surface area contributed by atoms with Crippen molar-refractivity contribution in [1.82, 2.24) is 0 Å². The van der Waals surface area contributed by atoms with Gasteiger partial charge in [-0.15, -0.1) is 0 Å². The fourth-order valence-corrected chi connectivity index (χ4v) is 1.54. The number of carbonyl (C=O) groups excluding carboxylic acids is 1. The monoisotopic (exact) mass is 243 g/mol. The molecule has 0 aliphatic carbocycles. The minimum atomic E-state index is -0.579. The Bertz CT molecular complexity index is 408. The van der Waals surface area contributed by atoms with Crippen LogP contribution in [0, 0.1) is 11.6 Å². The summed E-state index contributed by atoms with van der Waals surface area (Å²) in [6.45, 7) is 0. The lowest BCUT2D eigenvalue weighted by atomic mass is 10.1. The molecule has 1 rings (SSSR count). The summed E-state index contributed by atoms with van der Waals surface area (Å²) in [5.74, 6) is -1.43. The molecule has 0 atom stereocenters. The number of benzene rings is 1. The molecule has 0 amide bonds. The minimum absolute atomic E-state index is 0.187. The number of halogens is 2. The van der Waals surface area contributed by atoms with E-state index < -0.39 is 11.6 Å². The first-order chi connectivity index (χ1) is 8.04. The molecule has 94 valence electrons. The van der Waals surface area contributed by atoms with Crippen LogP contribution in [0.25, 0.3) is 0 Å². The second kappa shape index (κ2) is 6.18. The van der Waals surface area contributed by atoms with Gasteiger partial charge in [-0.3, -0.25) is 4.79 Å². The Balaban J connectivity index is 2.49. The number of esters is 1. The van der Waals surface area contributed by atoms with Gasteiger partial charge in [-0.1, -0.05) is 0 Å². The van der Waals surface area contributed by atoms with Gasteiger partial charge >= 0.3 is 5.97 Å². The van der Waals surface area contributed by atoms with Gasteiger partial charge in [-0.05, 0) is 37.0 Å². The molecule has 0 spiro atoms. The van der Waals surface area contributed by atoms with Crippen molar-refractivity contribution in [3.8, 4) is 0 Å². The standard InChI is InChI=1S/C12H15F2NO2/c1-17-11(16)5-3-2-4-8-6-9(13)7-10(15)12(8)14/h6-7H,2-5,15H2,1H3. The SMILES string of the molecule is COC(=O)CCCCc1cc(F)cc(N)c1F. The average Bonchev–Trinajstić information content (AvgIpc) is 2.30. The van der Waals surface area contributed by atoms with E-state index in [2.05, 4.69) is 4.74 Å². The van der Waals surface area contributed by atoms with Crippen molar-refractivity contribution in [3.05, 3.63) is 29.3 Å². The lowest BCUT2D eigenvalue weighted by molar-refractivity contribution is -0.140. The molecular weight excluding hydrogens is 228 g/mol. The van der Waals surface area contributed by atoms with E-state index in [0.717, 1.165) is 12.1 Å². The van der Waals surface area contributed by atoms with Gasteiger partial charge in [0.1, 0.15) is 11.6 Å². The molecule has 0 aliphatic heterocycles. The van der Waals surface area contributed by atoms with E-state index >= 15 is 0 Å². The highest BCUT2D eigenvalue weighted by atomic mass is 19.1. The number of unbranched alkanes of at least 4 members (excludes halogenated alkanes) is 1. The van der Waals surface area contributed by atoms with E-state index in [-0.39, 0.29) is 23.6 Å². The number of methoxy groups -OCH3 is 1. The number of ether oxygens (including phenoxy) is 1. The molecule has 1 aromatic carbocycles. The Hall–Kier alpha value is -1.65. The molecule has 2 N–H and O–H groups in total. The number of carbonyl (C=O) groups is 1. The molecule has 0 saturated carbocycles. The van der Waals surface area contributed by atoms with Crippen LogP contribution in [0.5, 0.6) is 0 Å². The Morgan fingerprint density at radius 1 is 1.35 bits per heavy atom. The van der Waals surface area contributed by atoms with Crippen LogP contribution in [0.1, 0.15) is 24.8 Å². The highest BCUT2D eigenvalue weighted by Gasteiger charge is 2.09. The highest BCUT2D eigenvalue weighted by molar-refractivity contribution is 5.68. The van der Waals surface area contributed by atoms with Crippen LogP contribution < -0.4 is 5.73 Å². The van der Waals surface area contributed by atoms with Gasteiger partial charge < -0.3 is 10.5 Å². The van der Waals surface area contributed by atoms with Crippen molar-refractivity contribution in [3.63, 3.8) is 0 Å². The van der Waals surface area contributed by atoms with Crippen molar-refractivity contribution in [2.45, 2.75) is 25.7 Å². The van der Waals surface area contributed by atoms with Gasteiger partial charge in [0.15, 0.2) is 0 Å². The molecule has 3 nitrogen and oxygen atoms in total. The van der Waals surface area contributed by atoms with Crippen LogP contribution in [-0.4, -0.2) is 13.1 Å². The van der Waals surface area contributed by atoms with Gasteiger partial charge in [0.05, 0.1) is 12.8 Å². The first kappa shape index (κ1) is 13.4. The number of nitrogen functional groups attached to an aromatic ring is 1. The lowest BCUT2D eigenvalue weighted by Gasteiger charge is -2.05. The van der Waals surface area contributed by atoms with Crippen LogP contribution in [0.3, 0.4) is 0 Å². The molecule has 5 heteroatoms. The molecule has 0 unspecified atom stereocenters. The summed E-state index contributed by atoms with van der Waals surface area (Å²) in [6.07, 6.45) is 1.78. The fourth-order valence-electron chi connectivity index (χ4n) is 1.54. The van der Waals surface area contributed by atoms with Crippen molar-refractivity contribution in [2.24, 2.45) is 0 Å². The average molecular weight is 243 g/mol. The smallest absolute Gasteiger partial charge is 0.305 e. The zero-order valence-corrected chi connectivity index (χ0v) is 9.63. The van der Waals surface area contributed by atoms with E-state index in [1.807, 2.05) is 0 Å².